The summed E-state index contributed by atoms with van der Waals surface area (Å²) in [5, 5.41) is 22.9. The van der Waals surface area contributed by atoms with Crippen LogP contribution in [0.2, 0.25) is 0 Å². The van der Waals surface area contributed by atoms with Crippen molar-refractivity contribution in [1.82, 2.24) is 0 Å². The Balaban J connectivity index is 0.000001000. The summed E-state index contributed by atoms with van der Waals surface area (Å²) in [6.07, 6.45) is -0.414. The predicted octanol–water partition coefficient (Wildman–Crippen LogP) is -3.45. The number of rotatable bonds is 2. The van der Waals surface area contributed by atoms with Gasteiger partial charge in [-0.25, -0.2) is 0 Å². The van der Waals surface area contributed by atoms with Crippen LogP contribution >= 0.6 is 12.6 Å². The van der Waals surface area contributed by atoms with Gasteiger partial charge in [0.1, 0.15) is 0 Å². The number of thiol groups is 1. The van der Waals surface area contributed by atoms with E-state index in [0.29, 0.717) is 0 Å². The summed E-state index contributed by atoms with van der Waals surface area (Å²) < 4.78 is 0. The molecule has 0 N–H and O–H groups in total. The maximum atomic E-state index is 10.00. The van der Waals surface area contributed by atoms with Gasteiger partial charge >= 0.3 is 29.6 Å². The minimum atomic E-state index is -1.33. The summed E-state index contributed by atoms with van der Waals surface area (Å²) in [6, 6.07) is 0. The molecule has 0 saturated carbocycles. The second-order valence-electron chi connectivity index (χ2n) is 1.70. The standard InChI is InChI=1S/C3H4N4O2S.Na/c8-2(9)1-3(10)4-6-7-5-3;/h10H,1H2,(H,8,9);/q;+1/p-1. The molecule has 11 heavy (non-hydrogen) atoms. The Labute approximate surface area is 89.9 Å². The van der Waals surface area contributed by atoms with E-state index < -0.39 is 17.4 Å². The Morgan fingerprint density at radius 3 is 2.27 bits per heavy atom. The number of carboxylic acid groups (broad SMARTS) is 1. The van der Waals surface area contributed by atoms with Crippen LogP contribution in [0.3, 0.4) is 0 Å². The van der Waals surface area contributed by atoms with Gasteiger partial charge in [0, 0.05) is 12.4 Å². The number of hydrogen-bond donors (Lipinski definition) is 1. The smallest absolute Gasteiger partial charge is 0.550 e. The first kappa shape index (κ1) is 11.0. The molecule has 0 aromatic rings. The Morgan fingerprint density at radius 1 is 1.45 bits per heavy atom. The largest absolute Gasteiger partial charge is 1.00 e. The maximum Gasteiger partial charge on any atom is 1.00 e. The zero-order chi connectivity index (χ0) is 7.61. The molecule has 1 aliphatic heterocycles. The van der Waals surface area contributed by atoms with E-state index in [2.05, 4.69) is 33.3 Å². The molecule has 0 spiro atoms. The molecule has 1 heterocycles. The number of carboxylic acids is 1. The van der Waals surface area contributed by atoms with Gasteiger partial charge in [0.25, 0.3) is 0 Å². The third-order valence-electron chi connectivity index (χ3n) is 0.831. The van der Waals surface area contributed by atoms with E-state index in [-0.39, 0.29) is 29.6 Å². The van der Waals surface area contributed by atoms with Crippen molar-refractivity contribution >= 4 is 18.6 Å². The van der Waals surface area contributed by atoms with Crippen LogP contribution in [-0.2, 0) is 4.79 Å². The number of carbonyl (C=O) groups excluding carboxylic acids is 1. The van der Waals surface area contributed by atoms with E-state index in [1.165, 1.54) is 0 Å². The molecule has 0 atom stereocenters. The average molecular weight is 182 g/mol. The second kappa shape index (κ2) is 4.15. The van der Waals surface area contributed by atoms with Crippen molar-refractivity contribution in [2.45, 2.75) is 11.4 Å². The van der Waals surface area contributed by atoms with Crippen molar-refractivity contribution < 1.29 is 39.5 Å². The average Bonchev–Trinajstić information content (AvgIpc) is 2.12. The van der Waals surface area contributed by atoms with Crippen molar-refractivity contribution in [3.8, 4) is 0 Å². The van der Waals surface area contributed by atoms with Crippen LogP contribution in [0, 0.1) is 0 Å². The minimum absolute atomic E-state index is 0. The molecule has 0 unspecified atom stereocenters. The van der Waals surface area contributed by atoms with Crippen LogP contribution in [0.25, 0.3) is 0 Å². The first-order valence-corrected chi connectivity index (χ1v) is 2.83. The molecule has 0 aliphatic carbocycles. The van der Waals surface area contributed by atoms with Crippen molar-refractivity contribution in [1.29, 1.82) is 0 Å². The Kier molecular flexibility index (Phi) is 4.16. The van der Waals surface area contributed by atoms with E-state index in [1.807, 2.05) is 0 Å². The normalized spacial score (nSPS) is 17.9. The molecule has 1 aliphatic rings. The molecular weight excluding hydrogens is 179 g/mol. The molecule has 1 rings (SSSR count). The zero-order valence-electron chi connectivity index (χ0n) is 5.76. The van der Waals surface area contributed by atoms with Gasteiger partial charge < -0.3 is 9.90 Å². The minimum Gasteiger partial charge on any atom is -0.550 e. The summed E-state index contributed by atoms with van der Waals surface area (Å²) in [5.74, 6) is -1.28. The Hall–Kier alpha value is 0.0200. The molecule has 0 saturated heterocycles. The number of carbonyl (C=O) groups is 1. The number of aliphatic carboxylic acids is 1. The summed E-state index contributed by atoms with van der Waals surface area (Å²) in [5.41, 5.74) is 0. The van der Waals surface area contributed by atoms with E-state index in [9.17, 15) is 9.90 Å². The van der Waals surface area contributed by atoms with Crippen molar-refractivity contribution in [2.75, 3.05) is 0 Å². The van der Waals surface area contributed by atoms with Gasteiger partial charge in [-0.2, -0.15) is 0 Å². The van der Waals surface area contributed by atoms with Gasteiger partial charge in [-0.3, -0.25) is 0 Å². The van der Waals surface area contributed by atoms with E-state index in [0.717, 1.165) is 0 Å². The molecule has 0 fully saturated rings. The third kappa shape index (κ3) is 3.28. The van der Waals surface area contributed by atoms with Gasteiger partial charge in [0.15, 0.2) is 0 Å². The number of nitrogens with zero attached hydrogens (tertiary/aromatic N) is 4. The third-order valence-corrected chi connectivity index (χ3v) is 1.17. The molecule has 0 bridgehead atoms. The van der Waals surface area contributed by atoms with Gasteiger partial charge in [0.05, 0.1) is 0 Å². The molecule has 0 aromatic carbocycles. The summed E-state index contributed by atoms with van der Waals surface area (Å²) >= 11 is 3.78. The first-order valence-electron chi connectivity index (χ1n) is 2.39. The van der Waals surface area contributed by atoms with Gasteiger partial charge in [-0.05, 0) is 10.4 Å². The Bertz CT molecular complexity index is 205. The fourth-order valence-corrected chi connectivity index (χ4v) is 0.677. The molecule has 0 amide bonds. The summed E-state index contributed by atoms with van der Waals surface area (Å²) in [7, 11) is 0. The monoisotopic (exact) mass is 182 g/mol. The number of hydrogen-bond acceptors (Lipinski definition) is 7. The van der Waals surface area contributed by atoms with Crippen molar-refractivity contribution in [3.63, 3.8) is 0 Å². The fourth-order valence-electron chi connectivity index (χ4n) is 0.468. The van der Waals surface area contributed by atoms with Crippen LogP contribution in [0.4, 0.5) is 0 Å². The molecular formula is C3H3N4NaO2S. The quantitative estimate of drug-likeness (QED) is 0.355. The molecule has 0 radical (unpaired) electrons. The van der Waals surface area contributed by atoms with Crippen LogP contribution in [0.15, 0.2) is 20.7 Å². The molecule has 8 heteroatoms. The molecule has 54 valence electrons. The first-order chi connectivity index (χ1) is 4.62. The van der Waals surface area contributed by atoms with Crippen molar-refractivity contribution in [3.05, 3.63) is 0 Å². The molecule has 0 aromatic heterocycles. The van der Waals surface area contributed by atoms with Gasteiger partial charge in [-0.15, -0.1) is 22.9 Å². The van der Waals surface area contributed by atoms with E-state index in [1.54, 1.807) is 0 Å². The summed E-state index contributed by atoms with van der Waals surface area (Å²) in [4.78, 5) is 8.66. The van der Waals surface area contributed by atoms with E-state index >= 15 is 0 Å². The zero-order valence-corrected chi connectivity index (χ0v) is 8.65. The van der Waals surface area contributed by atoms with Gasteiger partial charge in [0.2, 0.25) is 4.99 Å². The SMILES string of the molecule is O=C([O-])CC1(S)N=NN=N1.[Na+]. The Morgan fingerprint density at radius 2 is 1.91 bits per heavy atom. The van der Waals surface area contributed by atoms with Crippen LogP contribution in [0.5, 0.6) is 0 Å². The maximum absolute atomic E-state index is 10.00. The second-order valence-corrected chi connectivity index (χ2v) is 2.42. The van der Waals surface area contributed by atoms with Crippen LogP contribution in [0.1, 0.15) is 6.42 Å². The van der Waals surface area contributed by atoms with E-state index in [4.69, 9.17) is 0 Å². The predicted molar refractivity (Wildman–Crippen MR) is 31.1 cm³/mol. The summed E-state index contributed by atoms with van der Waals surface area (Å²) in [6.45, 7) is 0. The van der Waals surface area contributed by atoms with Crippen LogP contribution < -0.4 is 34.7 Å². The molecule has 6 nitrogen and oxygen atoms in total. The van der Waals surface area contributed by atoms with Crippen LogP contribution in [-0.4, -0.2) is 11.0 Å². The van der Waals surface area contributed by atoms with Crippen molar-refractivity contribution in [2.24, 2.45) is 20.7 Å². The topological polar surface area (TPSA) is 89.6 Å². The van der Waals surface area contributed by atoms with Gasteiger partial charge in [-0.1, -0.05) is 0 Å². The fraction of sp³-hybridized carbons (Fsp3) is 0.667.